The molecule has 0 unspecified atom stereocenters. The van der Waals surface area contributed by atoms with Crippen molar-refractivity contribution in [3.63, 3.8) is 0 Å². The molecule has 0 radical (unpaired) electrons. The molecule has 6 heteroatoms. The molecule has 2 amide bonds. The zero-order valence-electron chi connectivity index (χ0n) is 15.4. The Morgan fingerprint density at radius 3 is 2.44 bits per heavy atom. The number of aryl methyl sites for hydroxylation is 1. The van der Waals surface area contributed by atoms with Crippen LogP contribution in [0.2, 0.25) is 5.02 Å². The quantitative estimate of drug-likeness (QED) is 0.857. The number of likely N-dealkylation sites (tertiary alicyclic amines) is 1. The van der Waals surface area contributed by atoms with Gasteiger partial charge in [-0.2, -0.15) is 0 Å². The van der Waals surface area contributed by atoms with Gasteiger partial charge in [0, 0.05) is 42.7 Å². The Balaban J connectivity index is 1.91. The number of halogens is 1. The van der Waals surface area contributed by atoms with Gasteiger partial charge in [-0.05, 0) is 48.7 Å². The first-order chi connectivity index (χ1) is 12.9. The third-order valence-corrected chi connectivity index (χ3v) is 5.60. The van der Waals surface area contributed by atoms with Crippen molar-refractivity contribution < 1.29 is 14.7 Å². The van der Waals surface area contributed by atoms with E-state index < -0.39 is 6.09 Å². The molecule has 1 aliphatic heterocycles. The van der Waals surface area contributed by atoms with Gasteiger partial charge in [-0.15, -0.1) is 0 Å². The SMILES string of the molecule is Cc1ccccc1[C@@H]1CN(C(=O)O)CC[C@H]1N(C)C(=O)c1ccc(Cl)cc1. The predicted molar refractivity (Wildman–Crippen MR) is 105 cm³/mol. The monoisotopic (exact) mass is 386 g/mol. The molecule has 1 aliphatic rings. The molecule has 3 rings (SSSR count). The lowest BCUT2D eigenvalue weighted by Gasteiger charge is -2.42. The summed E-state index contributed by atoms with van der Waals surface area (Å²) in [5.41, 5.74) is 2.77. The average Bonchev–Trinajstić information content (AvgIpc) is 2.67. The highest BCUT2D eigenvalue weighted by Crippen LogP contribution is 2.33. The second kappa shape index (κ2) is 8.01. The Hall–Kier alpha value is -2.53. The summed E-state index contributed by atoms with van der Waals surface area (Å²) in [5, 5.41) is 10.0. The molecule has 1 fully saturated rings. The second-order valence-electron chi connectivity index (χ2n) is 6.97. The van der Waals surface area contributed by atoms with Crippen molar-refractivity contribution >= 4 is 23.6 Å². The number of amides is 2. The highest BCUT2D eigenvalue weighted by atomic mass is 35.5. The maximum Gasteiger partial charge on any atom is 0.407 e. The zero-order valence-corrected chi connectivity index (χ0v) is 16.2. The van der Waals surface area contributed by atoms with Crippen molar-refractivity contribution in [1.29, 1.82) is 0 Å². The highest BCUT2D eigenvalue weighted by Gasteiger charge is 2.37. The summed E-state index contributed by atoms with van der Waals surface area (Å²) >= 11 is 5.92. The lowest BCUT2D eigenvalue weighted by atomic mass is 9.83. The number of carbonyl (C=O) groups excluding carboxylic acids is 1. The summed E-state index contributed by atoms with van der Waals surface area (Å²) < 4.78 is 0. The molecule has 0 bridgehead atoms. The molecule has 2 aromatic rings. The van der Waals surface area contributed by atoms with Crippen LogP contribution in [0.15, 0.2) is 48.5 Å². The molecule has 0 aromatic heterocycles. The van der Waals surface area contributed by atoms with E-state index in [1.807, 2.05) is 31.2 Å². The van der Waals surface area contributed by atoms with Gasteiger partial charge in [-0.25, -0.2) is 4.79 Å². The van der Waals surface area contributed by atoms with Crippen LogP contribution in [0, 0.1) is 6.92 Å². The summed E-state index contributed by atoms with van der Waals surface area (Å²) in [6, 6.07) is 14.7. The minimum atomic E-state index is -0.918. The number of likely N-dealkylation sites (N-methyl/N-ethyl adjacent to an activating group) is 1. The van der Waals surface area contributed by atoms with Gasteiger partial charge < -0.3 is 14.9 Å². The van der Waals surface area contributed by atoms with Crippen LogP contribution in [0.25, 0.3) is 0 Å². The van der Waals surface area contributed by atoms with Crippen LogP contribution >= 0.6 is 11.6 Å². The second-order valence-corrected chi connectivity index (χ2v) is 7.41. The van der Waals surface area contributed by atoms with Gasteiger partial charge in [0.05, 0.1) is 0 Å². The molecule has 2 aromatic carbocycles. The Kier molecular flexibility index (Phi) is 5.71. The maximum atomic E-state index is 13.0. The highest BCUT2D eigenvalue weighted by molar-refractivity contribution is 6.30. The summed E-state index contributed by atoms with van der Waals surface area (Å²) in [4.78, 5) is 27.7. The van der Waals surface area contributed by atoms with Crippen molar-refractivity contribution in [2.24, 2.45) is 0 Å². The molecule has 142 valence electrons. The molecule has 2 atom stereocenters. The summed E-state index contributed by atoms with van der Waals surface area (Å²) in [6.07, 6.45) is -0.320. The number of benzene rings is 2. The van der Waals surface area contributed by atoms with Gasteiger partial charge in [0.15, 0.2) is 0 Å². The molecular weight excluding hydrogens is 364 g/mol. The van der Waals surface area contributed by atoms with Crippen LogP contribution in [0.3, 0.4) is 0 Å². The largest absolute Gasteiger partial charge is 0.465 e. The predicted octanol–water partition coefficient (Wildman–Crippen LogP) is 4.26. The van der Waals surface area contributed by atoms with E-state index in [0.29, 0.717) is 30.1 Å². The third kappa shape index (κ3) is 4.08. The number of carboxylic acid groups (broad SMARTS) is 1. The number of piperidine rings is 1. The van der Waals surface area contributed by atoms with E-state index >= 15 is 0 Å². The Labute approximate surface area is 164 Å². The molecule has 1 N–H and O–H groups in total. The number of hydrogen-bond donors (Lipinski definition) is 1. The first kappa shape index (κ1) is 19.2. The van der Waals surface area contributed by atoms with Crippen LogP contribution in [0.1, 0.15) is 33.8 Å². The van der Waals surface area contributed by atoms with Crippen LogP contribution < -0.4 is 0 Å². The molecule has 1 heterocycles. The first-order valence-corrected chi connectivity index (χ1v) is 9.32. The molecule has 0 aliphatic carbocycles. The van der Waals surface area contributed by atoms with Gasteiger partial charge in [-0.1, -0.05) is 35.9 Å². The average molecular weight is 387 g/mol. The van der Waals surface area contributed by atoms with Gasteiger partial charge >= 0.3 is 6.09 Å². The van der Waals surface area contributed by atoms with Crippen molar-refractivity contribution in [2.45, 2.75) is 25.3 Å². The van der Waals surface area contributed by atoms with Crippen LogP contribution in [-0.4, -0.2) is 53.1 Å². The molecule has 0 spiro atoms. The Morgan fingerprint density at radius 1 is 1.15 bits per heavy atom. The lowest BCUT2D eigenvalue weighted by Crippen LogP contribution is -2.51. The standard InChI is InChI=1S/C21H23ClN2O3/c1-14-5-3-4-6-17(14)18-13-24(21(26)27)12-11-19(18)23(2)20(25)15-7-9-16(22)10-8-15/h3-10,18-19H,11-13H2,1-2H3,(H,26,27)/t18-,19+/m0/s1. The number of carbonyl (C=O) groups is 2. The van der Waals surface area contributed by atoms with E-state index in [4.69, 9.17) is 11.6 Å². The number of rotatable bonds is 3. The molecule has 1 saturated heterocycles. The summed E-state index contributed by atoms with van der Waals surface area (Å²) in [5.74, 6) is -0.156. The fourth-order valence-electron chi connectivity index (χ4n) is 3.83. The third-order valence-electron chi connectivity index (χ3n) is 5.34. The minimum absolute atomic E-state index is 0.0719. The fraction of sp³-hybridized carbons (Fsp3) is 0.333. The Bertz CT molecular complexity index is 838. The van der Waals surface area contributed by atoms with E-state index in [-0.39, 0.29) is 17.9 Å². The molecule has 0 saturated carbocycles. The first-order valence-electron chi connectivity index (χ1n) is 8.94. The minimum Gasteiger partial charge on any atom is -0.465 e. The van der Waals surface area contributed by atoms with Crippen molar-refractivity contribution in [3.05, 3.63) is 70.2 Å². The number of hydrogen-bond acceptors (Lipinski definition) is 2. The van der Waals surface area contributed by atoms with Gasteiger partial charge in [0.1, 0.15) is 0 Å². The van der Waals surface area contributed by atoms with E-state index in [1.165, 1.54) is 4.90 Å². The zero-order chi connectivity index (χ0) is 19.6. The molecular formula is C21H23ClN2O3. The number of nitrogens with zero attached hydrogens (tertiary/aromatic N) is 2. The normalized spacial score (nSPS) is 19.6. The fourth-order valence-corrected chi connectivity index (χ4v) is 3.96. The van der Waals surface area contributed by atoms with E-state index in [9.17, 15) is 14.7 Å². The van der Waals surface area contributed by atoms with Crippen LogP contribution in [0.5, 0.6) is 0 Å². The van der Waals surface area contributed by atoms with Gasteiger partial charge in [0.25, 0.3) is 5.91 Å². The summed E-state index contributed by atoms with van der Waals surface area (Å²) in [6.45, 7) is 2.82. The van der Waals surface area contributed by atoms with Crippen LogP contribution in [0.4, 0.5) is 4.79 Å². The summed E-state index contributed by atoms with van der Waals surface area (Å²) in [7, 11) is 1.79. The Morgan fingerprint density at radius 2 is 1.81 bits per heavy atom. The van der Waals surface area contributed by atoms with Crippen molar-refractivity contribution in [1.82, 2.24) is 9.80 Å². The smallest absolute Gasteiger partial charge is 0.407 e. The molecule has 27 heavy (non-hydrogen) atoms. The van der Waals surface area contributed by atoms with Gasteiger partial charge in [-0.3, -0.25) is 4.79 Å². The van der Waals surface area contributed by atoms with E-state index in [2.05, 4.69) is 0 Å². The maximum absolute atomic E-state index is 13.0. The van der Waals surface area contributed by atoms with E-state index in [1.54, 1.807) is 36.2 Å². The topological polar surface area (TPSA) is 60.9 Å². The van der Waals surface area contributed by atoms with Crippen molar-refractivity contribution in [2.75, 3.05) is 20.1 Å². The molecule has 5 nitrogen and oxygen atoms in total. The van der Waals surface area contributed by atoms with Gasteiger partial charge in [0.2, 0.25) is 0 Å². The van der Waals surface area contributed by atoms with Crippen molar-refractivity contribution in [3.8, 4) is 0 Å². The van der Waals surface area contributed by atoms with Crippen LogP contribution in [-0.2, 0) is 0 Å². The lowest BCUT2D eigenvalue weighted by molar-refractivity contribution is 0.0590. The van der Waals surface area contributed by atoms with E-state index in [0.717, 1.165) is 11.1 Å².